The summed E-state index contributed by atoms with van der Waals surface area (Å²) in [6.45, 7) is 0.732. The zero-order valence-electron chi connectivity index (χ0n) is 17.8. The van der Waals surface area contributed by atoms with Gasteiger partial charge < -0.3 is 20.1 Å². The molecule has 2 N–H and O–H groups in total. The Hall–Kier alpha value is -3.54. The molecule has 6 heteroatoms. The Bertz CT molecular complexity index is 1070. The minimum atomic E-state index is -0.365. The van der Waals surface area contributed by atoms with Crippen LogP contribution in [0, 0.1) is 0 Å². The fraction of sp³-hybridized carbons (Fsp3) is 0.280. The molecule has 1 aliphatic carbocycles. The minimum absolute atomic E-state index is 0.266. The topological polar surface area (TPSA) is 74.7 Å². The van der Waals surface area contributed by atoms with Crippen LogP contribution >= 0.6 is 0 Å². The van der Waals surface area contributed by atoms with Gasteiger partial charge in [0.15, 0.2) is 0 Å². The number of anilines is 3. The van der Waals surface area contributed by atoms with E-state index < -0.39 is 0 Å². The summed E-state index contributed by atoms with van der Waals surface area (Å²) >= 11 is 0. The molecular formula is C25H27N3O3. The average molecular weight is 418 g/mol. The molecule has 0 radical (unpaired) electrons. The summed E-state index contributed by atoms with van der Waals surface area (Å²) in [4.78, 5) is 18.3. The number of hydrogen-bond donors (Lipinski definition) is 2. The van der Waals surface area contributed by atoms with E-state index in [4.69, 9.17) is 4.74 Å². The van der Waals surface area contributed by atoms with Gasteiger partial charge in [-0.3, -0.25) is 4.98 Å². The first-order valence-corrected chi connectivity index (χ1v) is 10.5. The van der Waals surface area contributed by atoms with Gasteiger partial charge in [-0.05, 0) is 72.9 Å². The van der Waals surface area contributed by atoms with Crippen LogP contribution in [0.25, 0.3) is 0 Å². The van der Waals surface area contributed by atoms with Crippen molar-refractivity contribution in [3.8, 4) is 5.75 Å². The lowest BCUT2D eigenvalue weighted by molar-refractivity contribution is 0.0601. The van der Waals surface area contributed by atoms with Crippen LogP contribution < -0.4 is 10.2 Å². The molecular weight excluding hydrogens is 390 g/mol. The number of aromatic hydroxyl groups is 1. The second-order valence-electron chi connectivity index (χ2n) is 7.84. The molecule has 6 nitrogen and oxygen atoms in total. The smallest absolute Gasteiger partial charge is 0.340 e. The Balaban J connectivity index is 1.51. The molecule has 0 spiro atoms. The maximum absolute atomic E-state index is 12.0. The SMILES string of the molecule is COC(=O)c1ccncc1NC[C@@H]1CCCc2cc(N(C)c3ccc(O)cc3)ccc21. The van der Waals surface area contributed by atoms with E-state index in [1.54, 1.807) is 30.6 Å². The number of methoxy groups -OCH3 is 1. The molecule has 1 atom stereocenters. The molecule has 0 saturated heterocycles. The van der Waals surface area contributed by atoms with Gasteiger partial charge in [0, 0.05) is 37.1 Å². The number of esters is 1. The first-order chi connectivity index (χ1) is 15.1. The number of ether oxygens (including phenoxy) is 1. The summed E-state index contributed by atoms with van der Waals surface area (Å²) in [6, 6.07) is 15.5. The third-order valence-electron chi connectivity index (χ3n) is 5.95. The lowest BCUT2D eigenvalue weighted by Crippen LogP contribution is -2.20. The molecule has 0 saturated carbocycles. The van der Waals surface area contributed by atoms with Crippen LogP contribution in [-0.2, 0) is 11.2 Å². The third kappa shape index (κ3) is 4.48. The van der Waals surface area contributed by atoms with Crippen LogP contribution in [0.4, 0.5) is 17.1 Å². The molecule has 160 valence electrons. The van der Waals surface area contributed by atoms with Crippen LogP contribution in [0.2, 0.25) is 0 Å². The van der Waals surface area contributed by atoms with E-state index in [0.717, 1.165) is 37.2 Å². The Labute approximate surface area is 182 Å². The zero-order valence-corrected chi connectivity index (χ0v) is 17.8. The predicted molar refractivity (Wildman–Crippen MR) is 122 cm³/mol. The summed E-state index contributed by atoms with van der Waals surface area (Å²) in [5, 5.41) is 12.9. The lowest BCUT2D eigenvalue weighted by Gasteiger charge is -2.28. The van der Waals surface area contributed by atoms with E-state index >= 15 is 0 Å². The molecule has 0 unspecified atom stereocenters. The molecule has 1 aromatic heterocycles. The summed E-state index contributed by atoms with van der Waals surface area (Å²) in [7, 11) is 3.42. The summed E-state index contributed by atoms with van der Waals surface area (Å²) in [5.41, 5.74) is 6.06. The average Bonchev–Trinajstić information content (AvgIpc) is 2.82. The summed E-state index contributed by atoms with van der Waals surface area (Å²) < 4.78 is 4.88. The Morgan fingerprint density at radius 2 is 1.97 bits per heavy atom. The fourth-order valence-electron chi connectivity index (χ4n) is 4.20. The number of aryl methyl sites for hydroxylation is 1. The van der Waals surface area contributed by atoms with E-state index in [9.17, 15) is 9.90 Å². The second kappa shape index (κ2) is 9.08. The number of phenols is 1. The number of benzene rings is 2. The van der Waals surface area contributed by atoms with Crippen molar-refractivity contribution in [1.82, 2.24) is 4.98 Å². The van der Waals surface area contributed by atoms with E-state index in [-0.39, 0.29) is 11.7 Å². The highest BCUT2D eigenvalue weighted by molar-refractivity contribution is 5.95. The van der Waals surface area contributed by atoms with Crippen LogP contribution in [-0.4, -0.2) is 36.8 Å². The maximum atomic E-state index is 12.0. The quantitative estimate of drug-likeness (QED) is 0.557. The van der Waals surface area contributed by atoms with Gasteiger partial charge in [0.25, 0.3) is 0 Å². The molecule has 4 rings (SSSR count). The van der Waals surface area contributed by atoms with E-state index in [1.807, 2.05) is 19.2 Å². The number of aromatic nitrogens is 1. The van der Waals surface area contributed by atoms with E-state index in [0.29, 0.717) is 17.2 Å². The van der Waals surface area contributed by atoms with Crippen molar-refractivity contribution in [2.45, 2.75) is 25.2 Å². The van der Waals surface area contributed by atoms with Gasteiger partial charge in [-0.25, -0.2) is 4.79 Å². The lowest BCUT2D eigenvalue weighted by atomic mass is 9.82. The number of hydrogen-bond acceptors (Lipinski definition) is 6. The van der Waals surface area contributed by atoms with Gasteiger partial charge in [0.2, 0.25) is 0 Å². The van der Waals surface area contributed by atoms with Gasteiger partial charge in [0.1, 0.15) is 5.75 Å². The highest BCUT2D eigenvalue weighted by atomic mass is 16.5. The molecule has 0 aliphatic heterocycles. The number of carbonyl (C=O) groups is 1. The third-order valence-corrected chi connectivity index (χ3v) is 5.95. The largest absolute Gasteiger partial charge is 0.508 e. The number of nitrogens with one attached hydrogen (secondary N) is 1. The first kappa shape index (κ1) is 20.7. The molecule has 1 heterocycles. The monoisotopic (exact) mass is 417 g/mol. The fourth-order valence-corrected chi connectivity index (χ4v) is 4.20. The Morgan fingerprint density at radius 3 is 2.74 bits per heavy atom. The van der Waals surface area contributed by atoms with Gasteiger partial charge in [-0.1, -0.05) is 6.07 Å². The standard InChI is InChI=1S/C25H27N3O3/c1-28(19-6-9-21(29)10-7-19)20-8-11-22-17(14-20)4-3-5-18(22)15-27-24-16-26-13-12-23(24)25(30)31-2/h6-14,16,18,27,29H,3-5,15H2,1-2H3/t18-/m0/s1. The number of fused-ring (bicyclic) bond motifs is 1. The molecule has 3 aromatic rings. The number of carbonyl (C=O) groups excluding carboxylic acids is 1. The van der Waals surface area contributed by atoms with Crippen molar-refractivity contribution in [3.63, 3.8) is 0 Å². The van der Waals surface area contributed by atoms with E-state index in [1.165, 1.54) is 18.2 Å². The molecule has 0 amide bonds. The Kier molecular flexibility index (Phi) is 6.07. The first-order valence-electron chi connectivity index (χ1n) is 10.5. The highest BCUT2D eigenvalue weighted by Crippen LogP contribution is 2.35. The summed E-state index contributed by atoms with van der Waals surface area (Å²) in [6.07, 6.45) is 6.55. The van der Waals surface area contributed by atoms with Crippen molar-refractivity contribution in [3.05, 3.63) is 77.6 Å². The van der Waals surface area contributed by atoms with E-state index in [2.05, 4.69) is 33.4 Å². The normalized spacial score (nSPS) is 15.1. The van der Waals surface area contributed by atoms with Crippen molar-refractivity contribution >= 4 is 23.0 Å². The van der Waals surface area contributed by atoms with Crippen LogP contribution in [0.1, 0.15) is 40.2 Å². The van der Waals surface area contributed by atoms with Crippen LogP contribution in [0.5, 0.6) is 5.75 Å². The van der Waals surface area contributed by atoms with Gasteiger partial charge >= 0.3 is 5.97 Å². The number of phenolic OH excluding ortho intramolecular Hbond substituents is 1. The van der Waals surface area contributed by atoms with Crippen molar-refractivity contribution in [2.75, 3.05) is 30.9 Å². The van der Waals surface area contributed by atoms with Crippen molar-refractivity contribution < 1.29 is 14.6 Å². The Morgan fingerprint density at radius 1 is 1.19 bits per heavy atom. The van der Waals surface area contributed by atoms with Crippen molar-refractivity contribution in [2.24, 2.45) is 0 Å². The second-order valence-corrected chi connectivity index (χ2v) is 7.84. The van der Waals surface area contributed by atoms with Crippen LogP contribution in [0.15, 0.2) is 60.9 Å². The molecule has 2 aromatic carbocycles. The predicted octanol–water partition coefficient (Wildman–Crippen LogP) is 4.87. The maximum Gasteiger partial charge on any atom is 0.340 e. The molecule has 31 heavy (non-hydrogen) atoms. The summed E-state index contributed by atoms with van der Waals surface area (Å²) in [5.74, 6) is 0.264. The van der Waals surface area contributed by atoms with Gasteiger partial charge in [0.05, 0.1) is 24.6 Å². The molecule has 0 bridgehead atoms. The van der Waals surface area contributed by atoms with Crippen LogP contribution in [0.3, 0.4) is 0 Å². The number of nitrogens with zero attached hydrogens (tertiary/aromatic N) is 2. The van der Waals surface area contributed by atoms with Crippen molar-refractivity contribution in [1.29, 1.82) is 0 Å². The highest BCUT2D eigenvalue weighted by Gasteiger charge is 2.22. The van der Waals surface area contributed by atoms with Gasteiger partial charge in [-0.15, -0.1) is 0 Å². The molecule has 0 fully saturated rings. The number of rotatable bonds is 6. The van der Waals surface area contributed by atoms with Gasteiger partial charge in [-0.2, -0.15) is 0 Å². The number of pyridine rings is 1. The zero-order chi connectivity index (χ0) is 21.8. The molecule has 1 aliphatic rings. The minimum Gasteiger partial charge on any atom is -0.508 e.